The van der Waals surface area contributed by atoms with Gasteiger partial charge in [0.05, 0.1) is 4.88 Å². The Kier molecular flexibility index (Phi) is 5.59. The van der Waals surface area contributed by atoms with Crippen LogP contribution < -0.4 is 0 Å². The Morgan fingerprint density at radius 3 is 2.07 bits per heavy atom. The predicted octanol–water partition coefficient (Wildman–Crippen LogP) is 4.43. The van der Waals surface area contributed by atoms with Crippen LogP contribution in [-0.4, -0.2) is 47.8 Å². The van der Waals surface area contributed by atoms with Crippen LogP contribution in [0.4, 0.5) is 13.2 Å². The molecule has 3 aromatic rings. The van der Waals surface area contributed by atoms with Gasteiger partial charge in [-0.2, -0.15) is 0 Å². The number of rotatable bonds is 3. The maximum atomic E-state index is 14.0. The summed E-state index contributed by atoms with van der Waals surface area (Å²) in [5, 5.41) is 0. The monoisotopic (exact) mass is 430 g/mol. The standard InChI is InChI=1S/C22H17F3N2O2S/c23-16-4-2-1-3-15(16)19-7-8-20(30-19)22(29)27-11-9-26(10-12-27)21(28)14-5-6-17(24)18(25)13-14/h1-8,13H,9-12H2. The molecule has 0 unspecified atom stereocenters. The molecule has 0 N–H and O–H groups in total. The zero-order valence-corrected chi connectivity index (χ0v) is 16.6. The van der Waals surface area contributed by atoms with E-state index in [2.05, 4.69) is 0 Å². The Bertz CT molecular complexity index is 1110. The van der Waals surface area contributed by atoms with Crippen molar-refractivity contribution in [3.05, 3.63) is 82.5 Å². The highest BCUT2D eigenvalue weighted by atomic mass is 32.1. The summed E-state index contributed by atoms with van der Waals surface area (Å²) in [6.07, 6.45) is 0. The molecule has 0 atom stereocenters. The molecule has 2 aromatic carbocycles. The van der Waals surface area contributed by atoms with Crippen LogP contribution in [0.3, 0.4) is 0 Å². The third kappa shape index (κ3) is 3.95. The predicted molar refractivity (Wildman–Crippen MR) is 108 cm³/mol. The summed E-state index contributed by atoms with van der Waals surface area (Å²) < 4.78 is 40.4. The number of hydrogen-bond acceptors (Lipinski definition) is 3. The molecule has 1 aliphatic rings. The molecule has 0 saturated carbocycles. The Labute approximate surface area is 175 Å². The van der Waals surface area contributed by atoms with Crippen LogP contribution in [0.15, 0.2) is 54.6 Å². The summed E-state index contributed by atoms with van der Waals surface area (Å²) in [6, 6.07) is 12.8. The molecule has 154 valence electrons. The molecule has 8 heteroatoms. The Morgan fingerprint density at radius 1 is 0.733 bits per heavy atom. The largest absolute Gasteiger partial charge is 0.335 e. The van der Waals surface area contributed by atoms with E-state index < -0.39 is 17.5 Å². The maximum Gasteiger partial charge on any atom is 0.264 e. The van der Waals surface area contributed by atoms with E-state index in [1.165, 1.54) is 28.4 Å². The summed E-state index contributed by atoms with van der Waals surface area (Å²) in [7, 11) is 0. The van der Waals surface area contributed by atoms with Crippen molar-refractivity contribution in [3.63, 3.8) is 0 Å². The van der Waals surface area contributed by atoms with Crippen LogP contribution in [0, 0.1) is 17.5 Å². The smallest absolute Gasteiger partial charge is 0.264 e. The number of amides is 2. The summed E-state index contributed by atoms with van der Waals surface area (Å²) in [5.74, 6) is -3.00. The van der Waals surface area contributed by atoms with Gasteiger partial charge in [-0.25, -0.2) is 13.2 Å². The van der Waals surface area contributed by atoms with Gasteiger partial charge < -0.3 is 9.80 Å². The average Bonchev–Trinajstić information content (AvgIpc) is 3.25. The average molecular weight is 430 g/mol. The number of thiophene rings is 1. The van der Waals surface area contributed by atoms with E-state index in [9.17, 15) is 22.8 Å². The van der Waals surface area contributed by atoms with Crippen LogP contribution in [0.5, 0.6) is 0 Å². The first-order valence-electron chi connectivity index (χ1n) is 9.32. The number of hydrogen-bond donors (Lipinski definition) is 0. The second-order valence-electron chi connectivity index (χ2n) is 6.86. The lowest BCUT2D eigenvalue weighted by atomic mass is 10.1. The Morgan fingerprint density at radius 2 is 1.40 bits per heavy atom. The number of piperazine rings is 1. The normalized spacial score (nSPS) is 14.1. The molecule has 1 aliphatic heterocycles. The molecule has 1 fully saturated rings. The molecule has 4 nitrogen and oxygen atoms in total. The van der Waals surface area contributed by atoms with Crippen molar-refractivity contribution in [1.29, 1.82) is 0 Å². The van der Waals surface area contributed by atoms with Gasteiger partial charge in [0.1, 0.15) is 5.82 Å². The van der Waals surface area contributed by atoms with E-state index in [0.29, 0.717) is 28.4 Å². The van der Waals surface area contributed by atoms with Gasteiger partial charge in [0.25, 0.3) is 11.8 Å². The second kappa shape index (κ2) is 8.31. The lowest BCUT2D eigenvalue weighted by molar-refractivity contribution is 0.0538. The zero-order chi connectivity index (χ0) is 21.3. The molecule has 0 radical (unpaired) electrons. The molecule has 0 aliphatic carbocycles. The minimum Gasteiger partial charge on any atom is -0.335 e. The molecule has 2 amide bonds. The molecule has 1 aromatic heterocycles. The Balaban J connectivity index is 1.40. The number of benzene rings is 2. The SMILES string of the molecule is O=C(c1ccc(F)c(F)c1)N1CCN(C(=O)c2ccc(-c3ccccc3F)s2)CC1. The van der Waals surface area contributed by atoms with Crippen LogP contribution >= 0.6 is 11.3 Å². The van der Waals surface area contributed by atoms with Gasteiger partial charge in [0.2, 0.25) is 0 Å². The van der Waals surface area contributed by atoms with Crippen LogP contribution in [0.25, 0.3) is 10.4 Å². The molecular weight excluding hydrogens is 413 g/mol. The van der Waals surface area contributed by atoms with Crippen LogP contribution in [0.2, 0.25) is 0 Å². The molecule has 1 saturated heterocycles. The highest BCUT2D eigenvalue weighted by molar-refractivity contribution is 7.17. The summed E-state index contributed by atoms with van der Waals surface area (Å²) in [5.41, 5.74) is 0.518. The topological polar surface area (TPSA) is 40.6 Å². The van der Waals surface area contributed by atoms with Crippen molar-refractivity contribution in [1.82, 2.24) is 9.80 Å². The fraction of sp³-hybridized carbons (Fsp3) is 0.182. The highest BCUT2D eigenvalue weighted by Gasteiger charge is 2.27. The number of halogens is 3. The van der Waals surface area contributed by atoms with Crippen molar-refractivity contribution >= 4 is 23.2 Å². The van der Waals surface area contributed by atoms with E-state index in [0.717, 1.165) is 12.1 Å². The van der Waals surface area contributed by atoms with Gasteiger partial charge in [0.15, 0.2) is 11.6 Å². The van der Waals surface area contributed by atoms with E-state index in [1.807, 2.05) is 0 Å². The minimum atomic E-state index is -1.07. The number of carbonyl (C=O) groups is 2. The van der Waals surface area contributed by atoms with Crippen LogP contribution in [-0.2, 0) is 0 Å². The van der Waals surface area contributed by atoms with Gasteiger partial charge >= 0.3 is 0 Å². The molecule has 0 spiro atoms. The van der Waals surface area contributed by atoms with Crippen molar-refractivity contribution in [2.75, 3.05) is 26.2 Å². The van der Waals surface area contributed by atoms with Gasteiger partial charge in [-0.15, -0.1) is 11.3 Å². The van der Waals surface area contributed by atoms with Gasteiger partial charge in [0, 0.05) is 42.2 Å². The van der Waals surface area contributed by atoms with Crippen molar-refractivity contribution < 1.29 is 22.8 Å². The van der Waals surface area contributed by atoms with E-state index in [4.69, 9.17) is 0 Å². The quantitative estimate of drug-likeness (QED) is 0.617. The van der Waals surface area contributed by atoms with Gasteiger partial charge in [-0.05, 0) is 36.4 Å². The highest BCUT2D eigenvalue weighted by Crippen LogP contribution is 2.30. The fourth-order valence-corrected chi connectivity index (χ4v) is 4.34. The summed E-state index contributed by atoms with van der Waals surface area (Å²) in [6.45, 7) is 1.21. The van der Waals surface area contributed by atoms with Gasteiger partial charge in [-0.3, -0.25) is 9.59 Å². The molecule has 2 heterocycles. The number of carbonyl (C=O) groups excluding carboxylic acids is 2. The first-order chi connectivity index (χ1) is 14.4. The summed E-state index contributed by atoms with van der Waals surface area (Å²) >= 11 is 1.22. The lowest BCUT2D eigenvalue weighted by Gasteiger charge is -2.34. The molecule has 0 bridgehead atoms. The van der Waals surface area contributed by atoms with Crippen LogP contribution in [0.1, 0.15) is 20.0 Å². The zero-order valence-electron chi connectivity index (χ0n) is 15.8. The van der Waals surface area contributed by atoms with Crippen molar-refractivity contribution in [2.45, 2.75) is 0 Å². The number of nitrogens with zero attached hydrogens (tertiary/aromatic N) is 2. The fourth-order valence-electron chi connectivity index (χ4n) is 3.34. The molecular formula is C22H17F3N2O2S. The van der Waals surface area contributed by atoms with E-state index in [1.54, 1.807) is 35.2 Å². The second-order valence-corrected chi connectivity index (χ2v) is 7.94. The maximum absolute atomic E-state index is 14.0. The lowest BCUT2D eigenvalue weighted by Crippen LogP contribution is -2.50. The third-order valence-electron chi connectivity index (χ3n) is 4.98. The minimum absolute atomic E-state index is 0.0708. The van der Waals surface area contributed by atoms with Gasteiger partial charge in [-0.1, -0.05) is 18.2 Å². The first-order valence-corrected chi connectivity index (χ1v) is 10.1. The summed E-state index contributed by atoms with van der Waals surface area (Å²) in [4.78, 5) is 29.6. The van der Waals surface area contributed by atoms with E-state index in [-0.39, 0.29) is 30.4 Å². The Hall–Kier alpha value is -3.13. The molecule has 4 rings (SSSR count). The van der Waals surface area contributed by atoms with E-state index >= 15 is 0 Å². The van der Waals surface area contributed by atoms with Crippen molar-refractivity contribution in [2.24, 2.45) is 0 Å². The van der Waals surface area contributed by atoms with Crippen molar-refractivity contribution in [3.8, 4) is 10.4 Å². The molecule has 30 heavy (non-hydrogen) atoms. The first kappa shape index (κ1) is 20.2. The third-order valence-corrected chi connectivity index (χ3v) is 6.08.